The molecular formula is C11H10FNO4. The van der Waals surface area contributed by atoms with Gasteiger partial charge in [-0.25, -0.2) is 14.2 Å². The van der Waals surface area contributed by atoms with E-state index in [1.807, 2.05) is 0 Å². The van der Waals surface area contributed by atoms with Crippen LogP contribution in [-0.4, -0.2) is 26.4 Å². The minimum atomic E-state index is -0.576. The Labute approximate surface area is 96.8 Å². The Kier molecular flexibility index (Phi) is 3.25. The molecule has 1 aliphatic rings. The third kappa shape index (κ3) is 2.07. The summed E-state index contributed by atoms with van der Waals surface area (Å²) in [5.74, 6) is 0.0975. The van der Waals surface area contributed by atoms with Crippen LogP contribution >= 0.6 is 0 Å². The Morgan fingerprint density at radius 2 is 2.29 bits per heavy atom. The number of benzene rings is 1. The number of rotatable bonds is 3. The SMILES string of the molecule is COc1c(F)cc2c(c1CN=C=O)OCCO2. The Hall–Kier alpha value is -2.07. The largest absolute Gasteiger partial charge is 0.493 e. The van der Waals surface area contributed by atoms with Crippen LogP contribution in [0.2, 0.25) is 0 Å². The molecule has 0 atom stereocenters. The number of halogens is 1. The van der Waals surface area contributed by atoms with Gasteiger partial charge in [-0.15, -0.1) is 0 Å². The standard InChI is InChI=1S/C11H10FNO4/c1-15-10-7(5-13-6-14)11-9(4-8(10)12)16-2-3-17-11/h4H,2-3,5H2,1H3. The lowest BCUT2D eigenvalue weighted by Gasteiger charge is -2.22. The van der Waals surface area contributed by atoms with Gasteiger partial charge in [0.25, 0.3) is 0 Å². The summed E-state index contributed by atoms with van der Waals surface area (Å²) in [5.41, 5.74) is 0.352. The second-order valence-corrected chi connectivity index (χ2v) is 3.30. The van der Waals surface area contributed by atoms with Gasteiger partial charge in [-0.05, 0) is 0 Å². The number of ether oxygens (including phenoxy) is 3. The van der Waals surface area contributed by atoms with Gasteiger partial charge >= 0.3 is 0 Å². The molecule has 1 aliphatic heterocycles. The van der Waals surface area contributed by atoms with Crippen molar-refractivity contribution in [3.63, 3.8) is 0 Å². The lowest BCUT2D eigenvalue weighted by molar-refractivity contribution is 0.167. The second kappa shape index (κ2) is 4.84. The summed E-state index contributed by atoms with van der Waals surface area (Å²) in [6.07, 6.45) is 1.39. The molecule has 6 heteroatoms. The number of aliphatic imine (C=N–C) groups is 1. The first kappa shape index (κ1) is 11.4. The number of nitrogens with zero attached hydrogens (tertiary/aromatic N) is 1. The fourth-order valence-corrected chi connectivity index (χ4v) is 1.68. The van der Waals surface area contributed by atoms with Gasteiger partial charge in [-0.1, -0.05) is 0 Å². The van der Waals surface area contributed by atoms with Gasteiger partial charge in [0, 0.05) is 6.07 Å². The quantitative estimate of drug-likeness (QED) is 0.591. The van der Waals surface area contributed by atoms with Gasteiger partial charge in [0.05, 0.1) is 19.2 Å². The zero-order valence-electron chi connectivity index (χ0n) is 9.16. The number of carbonyl (C=O) groups excluding carboxylic acids is 1. The molecule has 0 N–H and O–H groups in total. The van der Waals surface area contributed by atoms with Gasteiger partial charge < -0.3 is 14.2 Å². The van der Waals surface area contributed by atoms with E-state index in [9.17, 15) is 9.18 Å². The van der Waals surface area contributed by atoms with Crippen molar-refractivity contribution < 1.29 is 23.4 Å². The van der Waals surface area contributed by atoms with Gasteiger partial charge in [-0.2, -0.15) is 0 Å². The van der Waals surface area contributed by atoms with Gasteiger partial charge in [0.2, 0.25) is 6.08 Å². The molecule has 0 saturated heterocycles. The summed E-state index contributed by atoms with van der Waals surface area (Å²) in [5, 5.41) is 0. The van der Waals surface area contributed by atoms with Gasteiger partial charge in [0.15, 0.2) is 23.1 Å². The van der Waals surface area contributed by atoms with E-state index in [1.54, 1.807) is 0 Å². The molecule has 2 rings (SSSR count). The number of methoxy groups -OCH3 is 1. The highest BCUT2D eigenvalue weighted by atomic mass is 19.1. The van der Waals surface area contributed by atoms with E-state index in [4.69, 9.17) is 14.2 Å². The maximum absolute atomic E-state index is 13.7. The van der Waals surface area contributed by atoms with Crippen LogP contribution in [-0.2, 0) is 11.3 Å². The van der Waals surface area contributed by atoms with Crippen LogP contribution in [0.1, 0.15) is 5.56 Å². The molecule has 0 aromatic heterocycles. The third-order valence-electron chi connectivity index (χ3n) is 2.34. The molecule has 0 fully saturated rings. The third-order valence-corrected chi connectivity index (χ3v) is 2.34. The van der Waals surface area contributed by atoms with Crippen LogP contribution in [0.25, 0.3) is 0 Å². The molecule has 1 heterocycles. The van der Waals surface area contributed by atoms with E-state index in [-0.39, 0.29) is 12.3 Å². The molecule has 5 nitrogen and oxygen atoms in total. The molecule has 90 valence electrons. The zero-order chi connectivity index (χ0) is 12.3. The molecule has 0 amide bonds. The smallest absolute Gasteiger partial charge is 0.235 e. The van der Waals surface area contributed by atoms with Gasteiger partial charge in [0.1, 0.15) is 13.2 Å². The van der Waals surface area contributed by atoms with Crippen molar-refractivity contribution in [2.75, 3.05) is 20.3 Å². The van der Waals surface area contributed by atoms with Crippen molar-refractivity contribution in [3.8, 4) is 17.2 Å². The first-order chi connectivity index (χ1) is 8.27. The number of fused-ring (bicyclic) bond motifs is 1. The fourth-order valence-electron chi connectivity index (χ4n) is 1.68. The number of isocyanates is 1. The molecule has 0 bridgehead atoms. The molecule has 0 saturated carbocycles. The number of hydrogen-bond acceptors (Lipinski definition) is 5. The summed E-state index contributed by atoms with van der Waals surface area (Å²) in [6.45, 7) is 0.658. The highest BCUT2D eigenvalue weighted by Gasteiger charge is 2.23. The Balaban J connectivity index is 2.56. The first-order valence-electron chi connectivity index (χ1n) is 4.96. The van der Waals surface area contributed by atoms with Crippen LogP contribution < -0.4 is 14.2 Å². The molecule has 17 heavy (non-hydrogen) atoms. The van der Waals surface area contributed by atoms with Crippen molar-refractivity contribution >= 4 is 6.08 Å². The predicted molar refractivity (Wildman–Crippen MR) is 55.8 cm³/mol. The minimum Gasteiger partial charge on any atom is -0.493 e. The van der Waals surface area contributed by atoms with Crippen LogP contribution in [0.15, 0.2) is 11.1 Å². The Morgan fingerprint density at radius 1 is 1.53 bits per heavy atom. The van der Waals surface area contributed by atoms with Crippen molar-refractivity contribution in [2.45, 2.75) is 6.54 Å². The van der Waals surface area contributed by atoms with Gasteiger partial charge in [-0.3, -0.25) is 0 Å². The van der Waals surface area contributed by atoms with Crippen molar-refractivity contribution in [1.29, 1.82) is 0 Å². The lowest BCUT2D eigenvalue weighted by atomic mass is 10.1. The Bertz CT molecular complexity index is 483. The van der Waals surface area contributed by atoms with Crippen molar-refractivity contribution in [2.24, 2.45) is 4.99 Å². The van der Waals surface area contributed by atoms with E-state index >= 15 is 0 Å². The van der Waals surface area contributed by atoms with Crippen LogP contribution in [0, 0.1) is 5.82 Å². The molecule has 0 aliphatic carbocycles. The van der Waals surface area contributed by atoms with Crippen molar-refractivity contribution in [3.05, 3.63) is 17.4 Å². The van der Waals surface area contributed by atoms with E-state index in [1.165, 1.54) is 19.3 Å². The zero-order valence-corrected chi connectivity index (χ0v) is 9.16. The summed E-state index contributed by atoms with van der Waals surface area (Å²) in [6, 6.07) is 1.20. The van der Waals surface area contributed by atoms with E-state index in [0.29, 0.717) is 30.3 Å². The minimum absolute atomic E-state index is 0.00764. The number of hydrogen-bond donors (Lipinski definition) is 0. The summed E-state index contributed by atoms with van der Waals surface area (Å²) >= 11 is 0. The maximum Gasteiger partial charge on any atom is 0.235 e. The molecule has 1 aromatic carbocycles. The normalized spacial score (nSPS) is 12.8. The van der Waals surface area contributed by atoms with Crippen LogP contribution in [0.3, 0.4) is 0 Å². The molecule has 1 aromatic rings. The maximum atomic E-state index is 13.7. The van der Waals surface area contributed by atoms with Crippen molar-refractivity contribution in [1.82, 2.24) is 0 Å². The molecule has 0 unspecified atom stereocenters. The highest BCUT2D eigenvalue weighted by Crippen LogP contribution is 2.41. The summed E-state index contributed by atoms with van der Waals surface area (Å²) in [4.78, 5) is 13.5. The molecule has 0 spiro atoms. The van der Waals surface area contributed by atoms with E-state index in [2.05, 4.69) is 4.99 Å². The van der Waals surface area contributed by atoms with E-state index in [0.717, 1.165) is 0 Å². The predicted octanol–water partition coefficient (Wildman–Crippen LogP) is 1.44. The average Bonchev–Trinajstić information content (AvgIpc) is 2.35. The summed E-state index contributed by atoms with van der Waals surface area (Å²) < 4.78 is 29.3. The average molecular weight is 239 g/mol. The summed E-state index contributed by atoms with van der Waals surface area (Å²) in [7, 11) is 1.34. The molecule has 0 radical (unpaired) electrons. The molecular weight excluding hydrogens is 229 g/mol. The van der Waals surface area contributed by atoms with Crippen LogP contribution in [0.4, 0.5) is 4.39 Å². The van der Waals surface area contributed by atoms with E-state index < -0.39 is 5.82 Å². The Morgan fingerprint density at radius 3 is 3.00 bits per heavy atom. The topological polar surface area (TPSA) is 57.1 Å². The highest BCUT2D eigenvalue weighted by molar-refractivity contribution is 5.55. The monoisotopic (exact) mass is 239 g/mol. The van der Waals surface area contributed by atoms with Crippen LogP contribution in [0.5, 0.6) is 17.2 Å². The first-order valence-corrected chi connectivity index (χ1v) is 4.96. The lowest BCUT2D eigenvalue weighted by Crippen LogP contribution is -2.17. The fraction of sp³-hybridized carbons (Fsp3) is 0.364. The second-order valence-electron chi connectivity index (χ2n) is 3.30.